The number of aryl methyl sites for hydroxylation is 1. The van der Waals surface area contributed by atoms with Gasteiger partial charge in [-0.2, -0.15) is 0 Å². The van der Waals surface area contributed by atoms with Crippen molar-refractivity contribution in [1.82, 2.24) is 0 Å². The van der Waals surface area contributed by atoms with Gasteiger partial charge in [-0.05, 0) is 42.8 Å². The highest BCUT2D eigenvalue weighted by molar-refractivity contribution is 5.91. The van der Waals surface area contributed by atoms with E-state index in [4.69, 9.17) is 10.5 Å². The molecular formula is C15H15FN2O2. The summed E-state index contributed by atoms with van der Waals surface area (Å²) in [6.45, 7) is 1.73. The predicted octanol–water partition coefficient (Wildman–Crippen LogP) is 2.73. The average molecular weight is 274 g/mol. The lowest BCUT2D eigenvalue weighted by atomic mass is 10.2. The molecule has 4 nitrogen and oxygen atoms in total. The molecule has 0 aliphatic rings. The molecule has 2 aromatic rings. The topological polar surface area (TPSA) is 64.3 Å². The third-order valence-electron chi connectivity index (χ3n) is 2.70. The molecule has 0 saturated heterocycles. The van der Waals surface area contributed by atoms with E-state index in [0.29, 0.717) is 17.1 Å². The number of halogens is 1. The van der Waals surface area contributed by atoms with Crippen LogP contribution < -0.4 is 15.8 Å². The molecule has 0 saturated carbocycles. The first-order valence-corrected chi connectivity index (χ1v) is 6.09. The van der Waals surface area contributed by atoms with Gasteiger partial charge in [-0.25, -0.2) is 4.39 Å². The molecule has 2 aromatic carbocycles. The molecule has 0 fully saturated rings. The van der Waals surface area contributed by atoms with E-state index in [9.17, 15) is 9.18 Å². The Balaban J connectivity index is 1.92. The Labute approximate surface area is 116 Å². The van der Waals surface area contributed by atoms with E-state index in [-0.39, 0.29) is 18.3 Å². The summed E-state index contributed by atoms with van der Waals surface area (Å²) in [7, 11) is 0. The molecule has 0 unspecified atom stereocenters. The van der Waals surface area contributed by atoms with Crippen molar-refractivity contribution in [2.24, 2.45) is 0 Å². The van der Waals surface area contributed by atoms with Crippen LogP contribution in [-0.2, 0) is 4.79 Å². The van der Waals surface area contributed by atoms with Crippen molar-refractivity contribution >= 4 is 17.3 Å². The number of hydrogen-bond acceptors (Lipinski definition) is 3. The molecule has 0 atom stereocenters. The zero-order valence-corrected chi connectivity index (χ0v) is 11.0. The van der Waals surface area contributed by atoms with Crippen molar-refractivity contribution in [3.8, 4) is 5.75 Å². The van der Waals surface area contributed by atoms with Crippen LogP contribution in [0.25, 0.3) is 0 Å². The summed E-state index contributed by atoms with van der Waals surface area (Å²) in [5.74, 6) is -0.104. The number of ether oxygens (including phenoxy) is 1. The van der Waals surface area contributed by atoms with Crippen molar-refractivity contribution in [1.29, 1.82) is 0 Å². The molecule has 0 bridgehead atoms. The molecule has 0 aromatic heterocycles. The van der Waals surface area contributed by atoms with E-state index in [1.54, 1.807) is 12.1 Å². The number of rotatable bonds is 4. The number of nitrogens with one attached hydrogen (secondary N) is 1. The van der Waals surface area contributed by atoms with Gasteiger partial charge < -0.3 is 15.8 Å². The highest BCUT2D eigenvalue weighted by Gasteiger charge is 2.06. The molecule has 0 spiro atoms. The maximum Gasteiger partial charge on any atom is 0.262 e. The lowest BCUT2D eigenvalue weighted by Gasteiger charge is -2.10. The van der Waals surface area contributed by atoms with Crippen LogP contribution in [0.15, 0.2) is 42.5 Å². The number of carbonyl (C=O) groups is 1. The number of carbonyl (C=O) groups excluding carboxylic acids is 1. The SMILES string of the molecule is Cc1ccc(N)cc1OCC(=O)Nc1ccc(F)cc1. The number of nitrogens with two attached hydrogens (primary N) is 1. The summed E-state index contributed by atoms with van der Waals surface area (Å²) in [6.07, 6.45) is 0. The zero-order valence-electron chi connectivity index (χ0n) is 11.0. The van der Waals surface area contributed by atoms with E-state index < -0.39 is 0 Å². The number of nitrogen functional groups attached to an aromatic ring is 1. The second-order valence-electron chi connectivity index (χ2n) is 4.37. The number of anilines is 2. The zero-order chi connectivity index (χ0) is 14.5. The molecule has 0 aliphatic carbocycles. The fraction of sp³-hybridized carbons (Fsp3) is 0.133. The first-order chi connectivity index (χ1) is 9.54. The smallest absolute Gasteiger partial charge is 0.262 e. The molecule has 0 heterocycles. The standard InChI is InChI=1S/C15H15FN2O2/c1-10-2-5-12(17)8-14(10)20-9-15(19)18-13-6-3-11(16)4-7-13/h2-8H,9,17H2,1H3,(H,18,19). The highest BCUT2D eigenvalue weighted by Crippen LogP contribution is 2.20. The largest absolute Gasteiger partial charge is 0.483 e. The number of benzene rings is 2. The summed E-state index contributed by atoms with van der Waals surface area (Å²) < 4.78 is 18.1. The van der Waals surface area contributed by atoms with Gasteiger partial charge in [-0.3, -0.25) is 4.79 Å². The van der Waals surface area contributed by atoms with Gasteiger partial charge in [0.1, 0.15) is 11.6 Å². The summed E-state index contributed by atoms with van der Waals surface area (Å²) in [5.41, 5.74) is 7.64. The van der Waals surface area contributed by atoms with E-state index >= 15 is 0 Å². The number of amides is 1. The summed E-state index contributed by atoms with van der Waals surface area (Å²) in [6, 6.07) is 10.8. The third-order valence-corrected chi connectivity index (χ3v) is 2.70. The van der Waals surface area contributed by atoms with Crippen molar-refractivity contribution in [3.63, 3.8) is 0 Å². The van der Waals surface area contributed by atoms with Crippen molar-refractivity contribution < 1.29 is 13.9 Å². The fourth-order valence-corrected chi connectivity index (χ4v) is 1.65. The van der Waals surface area contributed by atoms with Gasteiger partial charge in [-0.15, -0.1) is 0 Å². The van der Waals surface area contributed by atoms with Crippen molar-refractivity contribution in [2.45, 2.75) is 6.92 Å². The van der Waals surface area contributed by atoms with Crippen molar-refractivity contribution in [3.05, 3.63) is 53.8 Å². The van der Waals surface area contributed by atoms with Crippen LogP contribution in [0.1, 0.15) is 5.56 Å². The van der Waals surface area contributed by atoms with Gasteiger partial charge in [0.05, 0.1) is 0 Å². The van der Waals surface area contributed by atoms with Gasteiger partial charge in [0.25, 0.3) is 5.91 Å². The van der Waals surface area contributed by atoms with Crippen LogP contribution in [0.4, 0.5) is 15.8 Å². The molecule has 1 amide bonds. The van der Waals surface area contributed by atoms with Crippen LogP contribution in [0.2, 0.25) is 0 Å². The van der Waals surface area contributed by atoms with Crippen LogP contribution in [0.3, 0.4) is 0 Å². The molecule has 20 heavy (non-hydrogen) atoms. The van der Waals surface area contributed by atoms with E-state index in [0.717, 1.165) is 5.56 Å². The Kier molecular flexibility index (Phi) is 4.20. The minimum absolute atomic E-state index is 0.137. The van der Waals surface area contributed by atoms with Crippen LogP contribution in [0.5, 0.6) is 5.75 Å². The molecular weight excluding hydrogens is 259 g/mol. The van der Waals surface area contributed by atoms with Gasteiger partial charge in [0, 0.05) is 17.4 Å². The average Bonchev–Trinajstić information content (AvgIpc) is 2.42. The Morgan fingerprint density at radius 1 is 1.25 bits per heavy atom. The highest BCUT2D eigenvalue weighted by atomic mass is 19.1. The summed E-state index contributed by atoms with van der Waals surface area (Å²) >= 11 is 0. The second kappa shape index (κ2) is 6.06. The monoisotopic (exact) mass is 274 g/mol. The Morgan fingerprint density at radius 2 is 1.95 bits per heavy atom. The molecule has 5 heteroatoms. The van der Waals surface area contributed by atoms with Gasteiger partial charge in [0.15, 0.2) is 6.61 Å². The molecule has 0 aliphatic heterocycles. The van der Waals surface area contributed by atoms with Gasteiger partial charge in [-0.1, -0.05) is 6.07 Å². The maximum atomic E-state index is 12.7. The lowest BCUT2D eigenvalue weighted by molar-refractivity contribution is -0.118. The number of hydrogen-bond donors (Lipinski definition) is 2. The van der Waals surface area contributed by atoms with Crippen LogP contribution in [-0.4, -0.2) is 12.5 Å². The lowest BCUT2D eigenvalue weighted by Crippen LogP contribution is -2.20. The first kappa shape index (κ1) is 13.9. The predicted molar refractivity (Wildman–Crippen MR) is 76.1 cm³/mol. The third kappa shape index (κ3) is 3.71. The van der Waals surface area contributed by atoms with E-state index in [1.807, 2.05) is 13.0 Å². The Morgan fingerprint density at radius 3 is 2.65 bits per heavy atom. The first-order valence-electron chi connectivity index (χ1n) is 6.09. The second-order valence-corrected chi connectivity index (χ2v) is 4.37. The van der Waals surface area contributed by atoms with Gasteiger partial charge in [0.2, 0.25) is 0 Å². The quantitative estimate of drug-likeness (QED) is 0.842. The normalized spacial score (nSPS) is 10.1. The van der Waals surface area contributed by atoms with Gasteiger partial charge >= 0.3 is 0 Å². The Hall–Kier alpha value is -2.56. The van der Waals surface area contributed by atoms with Crippen LogP contribution >= 0.6 is 0 Å². The minimum atomic E-state index is -0.352. The van der Waals surface area contributed by atoms with E-state index in [2.05, 4.69) is 5.32 Å². The van der Waals surface area contributed by atoms with Crippen LogP contribution in [0, 0.1) is 12.7 Å². The Bertz CT molecular complexity index is 612. The fourth-order valence-electron chi connectivity index (χ4n) is 1.65. The maximum absolute atomic E-state index is 12.7. The molecule has 0 radical (unpaired) electrons. The minimum Gasteiger partial charge on any atom is -0.483 e. The molecule has 2 rings (SSSR count). The summed E-state index contributed by atoms with van der Waals surface area (Å²) in [4.78, 5) is 11.7. The molecule has 104 valence electrons. The van der Waals surface area contributed by atoms with Crippen molar-refractivity contribution in [2.75, 3.05) is 17.7 Å². The summed E-state index contributed by atoms with van der Waals surface area (Å²) in [5, 5.41) is 2.61. The van der Waals surface area contributed by atoms with E-state index in [1.165, 1.54) is 24.3 Å². The molecule has 3 N–H and O–H groups in total.